The van der Waals surface area contributed by atoms with Crippen molar-refractivity contribution in [2.24, 2.45) is 11.1 Å². The smallest absolute Gasteiger partial charge is 0.238 e. The highest BCUT2D eigenvalue weighted by Gasteiger charge is 2.26. The number of primary sulfonamides is 1. The molecule has 1 saturated heterocycles. The monoisotopic (exact) mass is 466 g/mol. The fourth-order valence-corrected chi connectivity index (χ4v) is 4.41. The van der Waals surface area contributed by atoms with Gasteiger partial charge in [0, 0.05) is 37.6 Å². The molecule has 3 N–H and O–H groups in total. The highest BCUT2D eigenvalue weighted by atomic mass is 32.2. The Hall–Kier alpha value is -3.37. The summed E-state index contributed by atoms with van der Waals surface area (Å²) >= 11 is 0. The van der Waals surface area contributed by atoms with Crippen molar-refractivity contribution in [2.45, 2.75) is 24.2 Å². The van der Waals surface area contributed by atoms with E-state index in [9.17, 15) is 13.2 Å². The van der Waals surface area contributed by atoms with Crippen molar-refractivity contribution in [3.8, 4) is 11.3 Å². The summed E-state index contributed by atoms with van der Waals surface area (Å²) in [6, 6.07) is 14.0. The minimum Gasteiger partial charge on any atom is -0.355 e. The van der Waals surface area contributed by atoms with Gasteiger partial charge in [0.1, 0.15) is 0 Å². The van der Waals surface area contributed by atoms with Crippen molar-refractivity contribution in [3.05, 3.63) is 66.5 Å². The van der Waals surface area contributed by atoms with Crippen molar-refractivity contribution in [1.82, 2.24) is 20.5 Å². The molecule has 1 aliphatic heterocycles. The first kappa shape index (κ1) is 22.8. The number of nitrogens with two attached hydrogens (primary N) is 1. The van der Waals surface area contributed by atoms with E-state index in [1.807, 2.05) is 24.3 Å². The van der Waals surface area contributed by atoms with E-state index in [4.69, 9.17) is 5.14 Å². The predicted octanol–water partition coefficient (Wildman–Crippen LogP) is 1.76. The van der Waals surface area contributed by atoms with Crippen LogP contribution in [0.5, 0.6) is 0 Å². The molecular weight excluding hydrogens is 440 g/mol. The Bertz CT molecular complexity index is 1190. The third kappa shape index (κ3) is 5.91. The molecular formula is C23H26N6O3S. The lowest BCUT2D eigenvalue weighted by Crippen LogP contribution is -2.43. The molecule has 3 aromatic rings. The van der Waals surface area contributed by atoms with E-state index in [1.165, 1.54) is 12.1 Å². The van der Waals surface area contributed by atoms with Crippen LogP contribution in [0.1, 0.15) is 18.4 Å². The van der Waals surface area contributed by atoms with E-state index in [2.05, 4.69) is 25.4 Å². The van der Waals surface area contributed by atoms with Crippen LogP contribution < -0.4 is 15.4 Å². The number of aromatic nitrogens is 3. The van der Waals surface area contributed by atoms with Gasteiger partial charge in [-0.2, -0.15) is 0 Å². The number of benzene rings is 1. The SMILES string of the molecule is NS(=O)(=O)c1ccc(CCNC(=O)C2CCCN(c3ccc(-c4ccncc4)nn3)C2)cc1. The summed E-state index contributed by atoms with van der Waals surface area (Å²) in [7, 11) is -3.70. The van der Waals surface area contributed by atoms with Gasteiger partial charge in [-0.15, -0.1) is 10.2 Å². The quantitative estimate of drug-likeness (QED) is 0.542. The first-order valence-electron chi connectivity index (χ1n) is 10.8. The summed E-state index contributed by atoms with van der Waals surface area (Å²) in [4.78, 5) is 18.9. The largest absolute Gasteiger partial charge is 0.355 e. The number of anilines is 1. The molecule has 0 saturated carbocycles. The van der Waals surface area contributed by atoms with Crippen LogP contribution in [-0.2, 0) is 21.2 Å². The Morgan fingerprint density at radius 3 is 2.48 bits per heavy atom. The normalized spacial score (nSPS) is 16.4. The number of rotatable bonds is 7. The van der Waals surface area contributed by atoms with Gasteiger partial charge in [-0.25, -0.2) is 13.6 Å². The molecule has 3 heterocycles. The van der Waals surface area contributed by atoms with Gasteiger partial charge in [0.2, 0.25) is 15.9 Å². The van der Waals surface area contributed by atoms with Gasteiger partial charge < -0.3 is 10.2 Å². The van der Waals surface area contributed by atoms with Crippen molar-refractivity contribution in [3.63, 3.8) is 0 Å². The summed E-state index contributed by atoms with van der Waals surface area (Å²) in [6.45, 7) is 1.91. The standard InChI is InChI=1S/C23H26N6O3S/c24-33(31,32)20-5-3-17(4-6-20)9-14-26-23(30)19-2-1-15-29(16-19)22-8-7-21(27-28-22)18-10-12-25-13-11-18/h3-8,10-13,19H,1-2,9,14-16H2,(H,26,30)(H2,24,31,32). The van der Waals surface area contributed by atoms with E-state index in [1.54, 1.807) is 24.5 Å². The molecule has 1 fully saturated rings. The van der Waals surface area contributed by atoms with Crippen LogP contribution in [0.3, 0.4) is 0 Å². The number of carbonyl (C=O) groups excluding carboxylic acids is 1. The van der Waals surface area contributed by atoms with Crippen LogP contribution in [0.2, 0.25) is 0 Å². The number of carbonyl (C=O) groups is 1. The fourth-order valence-electron chi connectivity index (χ4n) is 3.89. The summed E-state index contributed by atoms with van der Waals surface area (Å²) in [6.07, 6.45) is 5.78. The molecule has 10 heteroatoms. The Labute approximate surface area is 193 Å². The summed E-state index contributed by atoms with van der Waals surface area (Å²) in [5.74, 6) is 0.660. The molecule has 33 heavy (non-hydrogen) atoms. The zero-order chi connectivity index (χ0) is 23.3. The second-order valence-electron chi connectivity index (χ2n) is 8.03. The van der Waals surface area contributed by atoms with E-state index in [-0.39, 0.29) is 16.7 Å². The van der Waals surface area contributed by atoms with E-state index in [0.717, 1.165) is 42.0 Å². The van der Waals surface area contributed by atoms with E-state index < -0.39 is 10.0 Å². The van der Waals surface area contributed by atoms with Gasteiger partial charge in [0.25, 0.3) is 0 Å². The number of hydrogen-bond donors (Lipinski definition) is 2. The van der Waals surface area contributed by atoms with Crippen LogP contribution in [0.4, 0.5) is 5.82 Å². The molecule has 0 bridgehead atoms. The predicted molar refractivity (Wildman–Crippen MR) is 125 cm³/mol. The fraction of sp³-hybridized carbons (Fsp3) is 0.304. The number of nitrogens with one attached hydrogen (secondary N) is 1. The minimum absolute atomic E-state index is 0.0159. The molecule has 9 nitrogen and oxygen atoms in total. The highest BCUT2D eigenvalue weighted by molar-refractivity contribution is 7.89. The van der Waals surface area contributed by atoms with Crippen LogP contribution in [0.15, 0.2) is 65.8 Å². The molecule has 0 aliphatic carbocycles. The number of pyridine rings is 1. The van der Waals surface area contributed by atoms with Crippen LogP contribution >= 0.6 is 0 Å². The summed E-state index contributed by atoms with van der Waals surface area (Å²) < 4.78 is 22.7. The van der Waals surface area contributed by atoms with Crippen molar-refractivity contribution >= 4 is 21.7 Å². The lowest BCUT2D eigenvalue weighted by atomic mass is 9.97. The topological polar surface area (TPSA) is 131 Å². The Morgan fingerprint density at radius 2 is 1.82 bits per heavy atom. The maximum atomic E-state index is 12.7. The first-order chi connectivity index (χ1) is 15.9. The number of nitrogens with zero attached hydrogens (tertiary/aromatic N) is 4. The maximum absolute atomic E-state index is 12.7. The summed E-state index contributed by atoms with van der Waals surface area (Å²) in [5.41, 5.74) is 2.67. The Kier molecular flexibility index (Phi) is 6.95. The molecule has 0 spiro atoms. The van der Waals surface area contributed by atoms with Gasteiger partial charge in [-0.3, -0.25) is 9.78 Å². The third-order valence-electron chi connectivity index (χ3n) is 5.71. The Morgan fingerprint density at radius 1 is 1.06 bits per heavy atom. The van der Waals surface area contributed by atoms with Crippen molar-refractivity contribution < 1.29 is 13.2 Å². The average Bonchev–Trinajstić information content (AvgIpc) is 2.84. The lowest BCUT2D eigenvalue weighted by Gasteiger charge is -2.32. The van der Waals surface area contributed by atoms with Gasteiger partial charge in [0.05, 0.1) is 16.5 Å². The van der Waals surface area contributed by atoms with Crippen LogP contribution in [0.25, 0.3) is 11.3 Å². The molecule has 172 valence electrons. The molecule has 1 aromatic carbocycles. The number of hydrogen-bond acceptors (Lipinski definition) is 7. The van der Waals surface area contributed by atoms with Gasteiger partial charge in [0.15, 0.2) is 5.82 Å². The van der Waals surface area contributed by atoms with Crippen LogP contribution in [-0.4, -0.2) is 49.1 Å². The molecule has 1 aliphatic rings. The number of amides is 1. The maximum Gasteiger partial charge on any atom is 0.238 e. The Balaban J connectivity index is 1.29. The lowest BCUT2D eigenvalue weighted by molar-refractivity contribution is -0.125. The minimum atomic E-state index is -3.70. The zero-order valence-electron chi connectivity index (χ0n) is 18.1. The molecule has 4 rings (SSSR count). The second-order valence-corrected chi connectivity index (χ2v) is 9.59. The first-order valence-corrected chi connectivity index (χ1v) is 12.3. The average molecular weight is 467 g/mol. The molecule has 1 unspecified atom stereocenters. The van der Waals surface area contributed by atoms with E-state index >= 15 is 0 Å². The highest BCUT2D eigenvalue weighted by Crippen LogP contribution is 2.23. The summed E-state index contributed by atoms with van der Waals surface area (Å²) in [5, 5.41) is 16.8. The van der Waals surface area contributed by atoms with Crippen molar-refractivity contribution in [1.29, 1.82) is 0 Å². The molecule has 1 amide bonds. The van der Waals surface area contributed by atoms with Crippen LogP contribution in [0, 0.1) is 5.92 Å². The zero-order valence-corrected chi connectivity index (χ0v) is 18.9. The second kappa shape index (κ2) is 10.1. The third-order valence-corrected chi connectivity index (χ3v) is 6.64. The van der Waals surface area contributed by atoms with Gasteiger partial charge in [-0.05, 0) is 61.2 Å². The van der Waals surface area contributed by atoms with E-state index in [0.29, 0.717) is 19.5 Å². The number of piperidine rings is 1. The van der Waals surface area contributed by atoms with Crippen molar-refractivity contribution in [2.75, 3.05) is 24.5 Å². The molecule has 1 atom stereocenters. The molecule has 0 radical (unpaired) electrons. The van der Waals surface area contributed by atoms with Gasteiger partial charge >= 0.3 is 0 Å². The molecule has 2 aromatic heterocycles. The van der Waals surface area contributed by atoms with Gasteiger partial charge in [-0.1, -0.05) is 12.1 Å². The number of sulfonamides is 1.